The van der Waals surface area contributed by atoms with Crippen molar-refractivity contribution in [1.29, 1.82) is 0 Å². The second-order valence-corrected chi connectivity index (χ2v) is 11.4. The Kier molecular flexibility index (Phi) is 6.93. The van der Waals surface area contributed by atoms with E-state index in [2.05, 4.69) is 4.98 Å². The summed E-state index contributed by atoms with van der Waals surface area (Å²) in [7, 11) is -3.64. The van der Waals surface area contributed by atoms with Crippen LogP contribution >= 0.6 is 23.2 Å². The second-order valence-electron chi connectivity index (χ2n) is 7.01. The van der Waals surface area contributed by atoms with Crippen molar-refractivity contribution in [3.8, 4) is 0 Å². The molecule has 164 valence electrons. The van der Waals surface area contributed by atoms with Crippen molar-refractivity contribution in [2.24, 2.45) is 0 Å². The Morgan fingerprint density at radius 2 is 1.62 bits per heavy atom. The summed E-state index contributed by atoms with van der Waals surface area (Å²) in [4.78, 5) is 4.98. The lowest BCUT2D eigenvalue weighted by molar-refractivity contribution is 0.561. The van der Waals surface area contributed by atoms with Crippen LogP contribution in [-0.2, 0) is 27.6 Å². The predicted molar refractivity (Wildman–Crippen MR) is 126 cm³/mol. The van der Waals surface area contributed by atoms with Gasteiger partial charge in [-0.25, -0.2) is 13.4 Å². The third-order valence-electron chi connectivity index (χ3n) is 4.93. The molecule has 0 aliphatic rings. The van der Waals surface area contributed by atoms with Gasteiger partial charge in [-0.2, -0.15) is 0 Å². The Hall–Kier alpha value is -2.29. The summed E-state index contributed by atoms with van der Waals surface area (Å²) in [6, 6.07) is 19.6. The summed E-state index contributed by atoms with van der Waals surface area (Å²) in [5.41, 5.74) is 0.732. The van der Waals surface area contributed by atoms with Crippen LogP contribution in [0, 0.1) is 0 Å². The molecule has 0 aliphatic carbocycles. The van der Waals surface area contributed by atoms with Gasteiger partial charge in [-0.3, -0.25) is 0 Å². The molecule has 0 radical (unpaired) electrons. The van der Waals surface area contributed by atoms with Gasteiger partial charge in [0.25, 0.3) is 0 Å². The van der Waals surface area contributed by atoms with E-state index in [1.54, 1.807) is 91.5 Å². The normalized spacial score (nSPS) is 13.6. The minimum atomic E-state index is -3.64. The van der Waals surface area contributed by atoms with Crippen molar-refractivity contribution >= 4 is 44.2 Å². The van der Waals surface area contributed by atoms with E-state index in [0.717, 1.165) is 5.56 Å². The molecule has 2 atom stereocenters. The highest BCUT2D eigenvalue weighted by atomic mass is 35.5. The fraction of sp³-hybridized carbons (Fsp3) is 0.0870. The SMILES string of the molecule is O=S(=O)(c1ccccc1)c1ccc(C(Cn2ccnc2)[S+]([O-])c2ccc(Cl)c(Cl)c2)cc1. The van der Waals surface area contributed by atoms with Gasteiger partial charge in [-0.05, 0) is 47.6 Å². The number of nitrogens with zero attached hydrogens (tertiary/aromatic N) is 2. The molecule has 1 heterocycles. The fourth-order valence-corrected chi connectivity index (χ4v) is 6.37. The summed E-state index contributed by atoms with van der Waals surface area (Å²) in [5.74, 6) is 0. The van der Waals surface area contributed by atoms with Crippen molar-refractivity contribution < 1.29 is 13.0 Å². The van der Waals surface area contributed by atoms with Crippen LogP contribution in [0.25, 0.3) is 0 Å². The maximum absolute atomic E-state index is 13.5. The highest BCUT2D eigenvalue weighted by molar-refractivity contribution is 7.92. The van der Waals surface area contributed by atoms with Crippen molar-refractivity contribution in [3.63, 3.8) is 0 Å². The van der Waals surface area contributed by atoms with Crippen LogP contribution in [0.3, 0.4) is 0 Å². The summed E-state index contributed by atoms with van der Waals surface area (Å²) >= 11 is 10.7. The van der Waals surface area contributed by atoms with Gasteiger partial charge in [0, 0.05) is 24.0 Å². The summed E-state index contributed by atoms with van der Waals surface area (Å²) in [5, 5.41) is 0.243. The Balaban J connectivity index is 1.69. The lowest BCUT2D eigenvalue weighted by Gasteiger charge is -2.23. The Bertz CT molecular complexity index is 1300. The summed E-state index contributed by atoms with van der Waals surface area (Å²) in [6.07, 6.45) is 5.08. The van der Waals surface area contributed by atoms with Gasteiger partial charge < -0.3 is 9.12 Å². The monoisotopic (exact) mass is 504 g/mol. The van der Waals surface area contributed by atoms with Gasteiger partial charge in [-0.15, -0.1) is 0 Å². The molecule has 4 rings (SSSR count). The maximum atomic E-state index is 13.5. The van der Waals surface area contributed by atoms with Gasteiger partial charge in [-0.1, -0.05) is 53.5 Å². The molecule has 0 N–H and O–H groups in total. The second kappa shape index (κ2) is 9.68. The zero-order chi connectivity index (χ0) is 22.7. The molecule has 0 amide bonds. The maximum Gasteiger partial charge on any atom is 0.206 e. The molecule has 0 saturated carbocycles. The average Bonchev–Trinajstić information content (AvgIpc) is 3.33. The highest BCUT2D eigenvalue weighted by Gasteiger charge is 2.29. The standard InChI is InChI=1S/C23H18Cl2N2O3S2/c24-21-11-8-18(14-22(21)25)31(28)23(15-27-13-12-26-16-27)17-6-9-20(10-7-17)32(29,30)19-4-2-1-3-5-19/h1-14,16,23H,15H2. The number of hydrogen-bond acceptors (Lipinski definition) is 4. The first-order chi connectivity index (χ1) is 15.4. The van der Waals surface area contributed by atoms with Crippen molar-refractivity contribution in [2.45, 2.75) is 26.5 Å². The van der Waals surface area contributed by atoms with Crippen LogP contribution in [0.5, 0.6) is 0 Å². The molecular formula is C23H18Cl2N2O3S2. The van der Waals surface area contributed by atoms with E-state index in [0.29, 0.717) is 21.5 Å². The molecule has 3 aromatic carbocycles. The van der Waals surface area contributed by atoms with E-state index in [1.807, 2.05) is 4.57 Å². The zero-order valence-corrected chi connectivity index (χ0v) is 19.8. The van der Waals surface area contributed by atoms with Gasteiger partial charge >= 0.3 is 0 Å². The van der Waals surface area contributed by atoms with Crippen LogP contribution in [0.1, 0.15) is 10.8 Å². The minimum Gasteiger partial charge on any atom is -0.611 e. The molecule has 0 saturated heterocycles. The van der Waals surface area contributed by atoms with E-state index in [-0.39, 0.29) is 9.79 Å². The third-order valence-corrected chi connectivity index (χ3v) is 9.11. The molecule has 4 aromatic rings. The quantitative estimate of drug-likeness (QED) is 0.308. The molecule has 32 heavy (non-hydrogen) atoms. The number of imidazole rings is 1. The van der Waals surface area contributed by atoms with Gasteiger partial charge in [0.15, 0.2) is 10.1 Å². The minimum absolute atomic E-state index is 0.175. The van der Waals surface area contributed by atoms with E-state index < -0.39 is 26.3 Å². The van der Waals surface area contributed by atoms with Gasteiger partial charge in [0.1, 0.15) is 0 Å². The first-order valence-corrected chi connectivity index (χ1v) is 13.0. The number of sulfone groups is 1. The lowest BCUT2D eigenvalue weighted by Crippen LogP contribution is -2.19. The van der Waals surface area contributed by atoms with Gasteiger partial charge in [0.05, 0.1) is 32.7 Å². The molecule has 2 unspecified atom stereocenters. The molecule has 0 fully saturated rings. The summed E-state index contributed by atoms with van der Waals surface area (Å²) in [6.45, 7) is 0.387. The number of benzene rings is 3. The Labute approximate surface area is 199 Å². The number of hydrogen-bond donors (Lipinski definition) is 0. The molecule has 1 aromatic heterocycles. The predicted octanol–water partition coefficient (Wildman–Crippen LogP) is 5.57. The first-order valence-electron chi connectivity index (χ1n) is 9.58. The van der Waals surface area contributed by atoms with E-state index >= 15 is 0 Å². The van der Waals surface area contributed by atoms with Crippen LogP contribution < -0.4 is 0 Å². The molecule has 0 spiro atoms. The summed E-state index contributed by atoms with van der Waals surface area (Å²) < 4.78 is 41.1. The van der Waals surface area contributed by atoms with E-state index in [1.165, 1.54) is 0 Å². The Morgan fingerprint density at radius 1 is 0.938 bits per heavy atom. The largest absolute Gasteiger partial charge is 0.611 e. The van der Waals surface area contributed by atoms with Crippen LogP contribution in [0.15, 0.2) is 106 Å². The lowest BCUT2D eigenvalue weighted by atomic mass is 10.1. The average molecular weight is 505 g/mol. The van der Waals surface area contributed by atoms with Crippen molar-refractivity contribution in [2.75, 3.05) is 0 Å². The van der Waals surface area contributed by atoms with E-state index in [9.17, 15) is 13.0 Å². The number of rotatable bonds is 7. The molecule has 0 aliphatic heterocycles. The third kappa shape index (κ3) is 4.87. The number of halogens is 2. The van der Waals surface area contributed by atoms with Gasteiger partial charge in [0.2, 0.25) is 9.84 Å². The molecule has 9 heteroatoms. The smallest absolute Gasteiger partial charge is 0.206 e. The van der Waals surface area contributed by atoms with E-state index in [4.69, 9.17) is 23.2 Å². The fourth-order valence-electron chi connectivity index (χ4n) is 3.25. The molecular weight excluding hydrogens is 487 g/mol. The van der Waals surface area contributed by atoms with Crippen LogP contribution in [-0.4, -0.2) is 22.5 Å². The van der Waals surface area contributed by atoms with Crippen molar-refractivity contribution in [1.82, 2.24) is 9.55 Å². The number of aromatic nitrogens is 2. The molecule has 5 nitrogen and oxygen atoms in total. The zero-order valence-electron chi connectivity index (χ0n) is 16.6. The topological polar surface area (TPSA) is 75.0 Å². The van der Waals surface area contributed by atoms with Crippen LogP contribution in [0.2, 0.25) is 10.0 Å². The van der Waals surface area contributed by atoms with Crippen molar-refractivity contribution in [3.05, 3.63) is 107 Å². The van der Waals surface area contributed by atoms with Crippen LogP contribution in [0.4, 0.5) is 0 Å². The molecule has 0 bridgehead atoms. The Morgan fingerprint density at radius 3 is 2.25 bits per heavy atom. The first kappa shape index (κ1) is 22.9. The highest BCUT2D eigenvalue weighted by Crippen LogP contribution is 2.34.